The third-order valence-electron chi connectivity index (χ3n) is 3.70. The van der Waals surface area contributed by atoms with Gasteiger partial charge in [-0.2, -0.15) is 4.37 Å². The zero-order valence-corrected chi connectivity index (χ0v) is 12.8. The molecular formula is C14H23N3OS. The molecule has 1 N–H and O–H groups in total. The van der Waals surface area contributed by atoms with Crippen molar-refractivity contribution in [1.29, 1.82) is 0 Å². The van der Waals surface area contributed by atoms with Crippen molar-refractivity contribution in [2.24, 2.45) is 5.92 Å². The number of nitrogens with zero attached hydrogens (tertiary/aromatic N) is 2. The number of aromatic nitrogens is 2. The lowest BCUT2D eigenvalue weighted by atomic mass is 10.0. The summed E-state index contributed by atoms with van der Waals surface area (Å²) in [5.74, 6) is 1.40. The van der Waals surface area contributed by atoms with Crippen LogP contribution in [0.1, 0.15) is 45.7 Å². The Kier molecular flexibility index (Phi) is 5.34. The first kappa shape index (κ1) is 14.5. The molecule has 1 aliphatic rings. The Labute approximate surface area is 119 Å². The van der Waals surface area contributed by atoms with Crippen LogP contribution in [0, 0.1) is 5.92 Å². The highest BCUT2D eigenvalue weighted by molar-refractivity contribution is 6.99. The summed E-state index contributed by atoms with van der Waals surface area (Å²) < 4.78 is 14.5. The highest BCUT2D eigenvalue weighted by atomic mass is 32.1. The van der Waals surface area contributed by atoms with Crippen LogP contribution in [-0.2, 0) is 0 Å². The molecule has 0 radical (unpaired) electrons. The van der Waals surface area contributed by atoms with E-state index in [-0.39, 0.29) is 0 Å². The van der Waals surface area contributed by atoms with E-state index < -0.39 is 0 Å². The SMILES string of the molecule is CCC(C)CCOc1nsnc1C1=CCCNC1C. The van der Waals surface area contributed by atoms with Crippen molar-refractivity contribution in [3.8, 4) is 5.88 Å². The molecule has 2 rings (SSSR count). The second kappa shape index (κ2) is 7.01. The molecule has 1 aliphatic heterocycles. The van der Waals surface area contributed by atoms with E-state index in [4.69, 9.17) is 4.74 Å². The van der Waals surface area contributed by atoms with Crippen LogP contribution in [0.5, 0.6) is 5.88 Å². The summed E-state index contributed by atoms with van der Waals surface area (Å²) in [7, 11) is 0. The number of ether oxygens (including phenoxy) is 1. The Morgan fingerprint density at radius 2 is 2.37 bits per heavy atom. The summed E-state index contributed by atoms with van der Waals surface area (Å²) in [6.07, 6.45) is 5.56. The van der Waals surface area contributed by atoms with Gasteiger partial charge in [-0.1, -0.05) is 26.3 Å². The monoisotopic (exact) mass is 281 g/mol. The molecule has 0 amide bonds. The minimum absolute atomic E-state index is 0.328. The zero-order valence-electron chi connectivity index (χ0n) is 12.0. The second-order valence-electron chi connectivity index (χ2n) is 5.19. The Morgan fingerprint density at radius 3 is 3.11 bits per heavy atom. The summed E-state index contributed by atoms with van der Waals surface area (Å²) in [6.45, 7) is 8.38. The van der Waals surface area contributed by atoms with Crippen LogP contribution < -0.4 is 10.1 Å². The van der Waals surface area contributed by atoms with Crippen LogP contribution in [-0.4, -0.2) is 27.9 Å². The van der Waals surface area contributed by atoms with Gasteiger partial charge in [0.25, 0.3) is 5.88 Å². The topological polar surface area (TPSA) is 47.0 Å². The summed E-state index contributed by atoms with van der Waals surface area (Å²) in [4.78, 5) is 0. The summed E-state index contributed by atoms with van der Waals surface area (Å²) >= 11 is 1.23. The predicted molar refractivity (Wildman–Crippen MR) is 79.5 cm³/mol. The highest BCUT2D eigenvalue weighted by Gasteiger charge is 2.21. The molecule has 0 saturated heterocycles. The fourth-order valence-electron chi connectivity index (χ4n) is 2.13. The van der Waals surface area contributed by atoms with Gasteiger partial charge in [0.2, 0.25) is 0 Å². The van der Waals surface area contributed by atoms with Crippen molar-refractivity contribution in [3.63, 3.8) is 0 Å². The van der Waals surface area contributed by atoms with Gasteiger partial charge in [-0.15, -0.1) is 4.37 Å². The Morgan fingerprint density at radius 1 is 1.53 bits per heavy atom. The first-order chi connectivity index (χ1) is 9.22. The Bertz CT molecular complexity index is 430. The van der Waals surface area contributed by atoms with Crippen LogP contribution in [0.25, 0.3) is 5.57 Å². The lowest BCUT2D eigenvalue weighted by Gasteiger charge is -2.21. The van der Waals surface area contributed by atoms with Gasteiger partial charge in [-0.05, 0) is 37.8 Å². The van der Waals surface area contributed by atoms with E-state index in [9.17, 15) is 0 Å². The average molecular weight is 281 g/mol. The first-order valence-electron chi connectivity index (χ1n) is 7.11. The molecule has 0 aliphatic carbocycles. The molecule has 19 heavy (non-hydrogen) atoms. The minimum atomic E-state index is 0.328. The van der Waals surface area contributed by atoms with E-state index in [1.807, 2.05) is 0 Å². The van der Waals surface area contributed by atoms with Gasteiger partial charge in [-0.25, -0.2) is 0 Å². The lowest BCUT2D eigenvalue weighted by molar-refractivity contribution is 0.273. The fourth-order valence-corrected chi connectivity index (χ4v) is 2.65. The molecular weight excluding hydrogens is 258 g/mol. The van der Waals surface area contributed by atoms with Crippen LogP contribution in [0.2, 0.25) is 0 Å². The molecule has 5 heteroatoms. The van der Waals surface area contributed by atoms with E-state index >= 15 is 0 Å². The third-order valence-corrected chi connectivity index (χ3v) is 4.22. The Hall–Kier alpha value is -0.940. The molecule has 2 atom stereocenters. The number of nitrogens with one attached hydrogen (secondary N) is 1. The van der Waals surface area contributed by atoms with Gasteiger partial charge in [0.05, 0.1) is 18.3 Å². The van der Waals surface area contributed by atoms with Crippen LogP contribution in [0.3, 0.4) is 0 Å². The zero-order chi connectivity index (χ0) is 13.7. The number of rotatable bonds is 6. The van der Waals surface area contributed by atoms with E-state index in [0.29, 0.717) is 17.8 Å². The van der Waals surface area contributed by atoms with Crippen LogP contribution in [0.4, 0.5) is 0 Å². The average Bonchev–Trinajstić information content (AvgIpc) is 2.87. The van der Waals surface area contributed by atoms with E-state index in [2.05, 4.69) is 40.9 Å². The van der Waals surface area contributed by atoms with Gasteiger partial charge in [0.15, 0.2) is 0 Å². The molecule has 0 saturated carbocycles. The third kappa shape index (κ3) is 3.76. The number of hydrogen-bond acceptors (Lipinski definition) is 5. The van der Waals surface area contributed by atoms with Crippen molar-refractivity contribution in [1.82, 2.24) is 14.1 Å². The molecule has 1 aromatic rings. The molecule has 1 aromatic heterocycles. The van der Waals surface area contributed by atoms with E-state index in [0.717, 1.165) is 31.7 Å². The molecule has 106 valence electrons. The molecule has 0 spiro atoms. The molecule has 0 aromatic carbocycles. The van der Waals surface area contributed by atoms with Gasteiger partial charge in [0.1, 0.15) is 5.69 Å². The van der Waals surface area contributed by atoms with Crippen LogP contribution >= 0.6 is 11.7 Å². The second-order valence-corrected chi connectivity index (χ2v) is 5.72. The predicted octanol–water partition coefficient (Wildman–Crippen LogP) is 3.12. The maximum Gasteiger partial charge on any atom is 0.253 e. The molecule has 2 unspecified atom stereocenters. The quantitative estimate of drug-likeness (QED) is 0.870. The Balaban J connectivity index is 1.99. The van der Waals surface area contributed by atoms with Gasteiger partial charge >= 0.3 is 0 Å². The lowest BCUT2D eigenvalue weighted by Crippen LogP contribution is -2.31. The maximum absolute atomic E-state index is 5.82. The molecule has 0 fully saturated rings. The minimum Gasteiger partial charge on any atom is -0.475 e. The fraction of sp³-hybridized carbons (Fsp3) is 0.714. The highest BCUT2D eigenvalue weighted by Crippen LogP contribution is 2.28. The van der Waals surface area contributed by atoms with Crippen molar-refractivity contribution < 1.29 is 4.74 Å². The van der Waals surface area contributed by atoms with Crippen LogP contribution in [0.15, 0.2) is 6.08 Å². The number of hydrogen-bond donors (Lipinski definition) is 1. The van der Waals surface area contributed by atoms with Crippen molar-refractivity contribution in [3.05, 3.63) is 11.8 Å². The van der Waals surface area contributed by atoms with Gasteiger partial charge in [-0.3, -0.25) is 0 Å². The summed E-state index contributed by atoms with van der Waals surface area (Å²) in [5.41, 5.74) is 2.15. The largest absolute Gasteiger partial charge is 0.475 e. The molecule has 2 heterocycles. The first-order valence-corrected chi connectivity index (χ1v) is 7.84. The smallest absolute Gasteiger partial charge is 0.253 e. The standard InChI is InChI=1S/C14H23N3OS/c1-4-10(2)7-9-18-14-13(16-19-17-14)12-6-5-8-15-11(12)3/h6,10-11,15H,4-5,7-9H2,1-3H3. The molecule has 0 bridgehead atoms. The molecule has 4 nitrogen and oxygen atoms in total. The van der Waals surface area contributed by atoms with Gasteiger partial charge in [0, 0.05) is 6.04 Å². The summed E-state index contributed by atoms with van der Waals surface area (Å²) in [5, 5.41) is 3.44. The normalized spacial score (nSPS) is 21.0. The van der Waals surface area contributed by atoms with Crippen molar-refractivity contribution in [2.45, 2.75) is 46.1 Å². The maximum atomic E-state index is 5.82. The summed E-state index contributed by atoms with van der Waals surface area (Å²) in [6, 6.07) is 0.328. The van der Waals surface area contributed by atoms with E-state index in [1.54, 1.807) is 0 Å². The van der Waals surface area contributed by atoms with E-state index in [1.165, 1.54) is 23.7 Å². The van der Waals surface area contributed by atoms with Gasteiger partial charge < -0.3 is 10.1 Å². The van der Waals surface area contributed by atoms with Crippen molar-refractivity contribution >= 4 is 17.3 Å². The van der Waals surface area contributed by atoms with Crippen molar-refractivity contribution in [2.75, 3.05) is 13.2 Å².